The van der Waals surface area contributed by atoms with Crippen molar-refractivity contribution < 1.29 is 0 Å². The van der Waals surface area contributed by atoms with E-state index in [4.69, 9.17) is 0 Å². The zero-order valence-corrected chi connectivity index (χ0v) is 8.80. The van der Waals surface area contributed by atoms with Crippen molar-refractivity contribution in [1.29, 1.82) is 0 Å². The number of aromatic nitrogens is 2. The molecule has 0 amide bonds. The molecular formula is C7H6N2S3. The zero-order chi connectivity index (χ0) is 8.39. The van der Waals surface area contributed by atoms with Crippen LogP contribution in [0.5, 0.6) is 0 Å². The van der Waals surface area contributed by atoms with Crippen LogP contribution in [0.1, 0.15) is 0 Å². The zero-order valence-electron chi connectivity index (χ0n) is 6.35. The molecule has 0 fully saturated rings. The molecule has 0 N–H and O–H groups in total. The van der Waals surface area contributed by atoms with Gasteiger partial charge in [-0.1, -0.05) is 10.6 Å². The fraction of sp³-hybridized carbons (Fsp3) is 0.143. The van der Waals surface area contributed by atoms with Crippen molar-refractivity contribution in [3.63, 3.8) is 0 Å². The van der Waals surface area contributed by atoms with Crippen molar-refractivity contribution >= 4 is 34.6 Å². The van der Waals surface area contributed by atoms with Crippen LogP contribution in [0.3, 0.4) is 0 Å². The first-order chi connectivity index (χ1) is 5.92. The molecule has 0 aliphatic rings. The first-order valence-corrected chi connectivity index (χ1v) is 6.20. The molecule has 2 heterocycles. The molecule has 0 unspecified atom stereocenters. The van der Waals surface area contributed by atoms with E-state index in [1.165, 1.54) is 21.3 Å². The molecule has 5 heteroatoms. The third-order valence-corrected chi connectivity index (χ3v) is 3.97. The van der Waals surface area contributed by atoms with Gasteiger partial charge in [0.05, 0.1) is 4.88 Å². The van der Waals surface area contributed by atoms with Gasteiger partial charge in [-0.2, -0.15) is 0 Å². The summed E-state index contributed by atoms with van der Waals surface area (Å²) in [5, 5.41) is 7.13. The highest BCUT2D eigenvalue weighted by Crippen LogP contribution is 2.34. The van der Waals surface area contributed by atoms with Gasteiger partial charge in [0, 0.05) is 4.88 Å². The number of nitrogens with zero attached hydrogens (tertiary/aromatic N) is 2. The first-order valence-electron chi connectivity index (χ1n) is 3.32. The Hall–Kier alpha value is -0.390. The molecule has 0 spiro atoms. The Morgan fingerprint density at radius 3 is 3.08 bits per heavy atom. The van der Waals surface area contributed by atoms with E-state index in [2.05, 4.69) is 21.0 Å². The number of hydrogen-bond acceptors (Lipinski definition) is 5. The van der Waals surface area contributed by atoms with E-state index in [0.29, 0.717) is 0 Å². The predicted octanol–water partition coefficient (Wildman–Crippen LogP) is 2.99. The first kappa shape index (κ1) is 8.22. The summed E-state index contributed by atoms with van der Waals surface area (Å²) in [5.41, 5.74) is 0. The Morgan fingerprint density at radius 2 is 2.42 bits per heavy atom. The van der Waals surface area contributed by atoms with Crippen molar-refractivity contribution in [2.24, 2.45) is 0 Å². The Labute approximate surface area is 82.8 Å². The highest BCUT2D eigenvalue weighted by molar-refractivity contribution is 7.98. The van der Waals surface area contributed by atoms with E-state index < -0.39 is 0 Å². The summed E-state index contributed by atoms with van der Waals surface area (Å²) < 4.78 is 3.93. The SMILES string of the molecule is CSc1nnsc1-c1cccs1. The molecule has 0 aliphatic heterocycles. The van der Waals surface area contributed by atoms with E-state index in [-0.39, 0.29) is 0 Å². The second-order valence-corrected chi connectivity index (χ2v) is 4.59. The van der Waals surface area contributed by atoms with Crippen LogP contribution >= 0.6 is 34.6 Å². The maximum Gasteiger partial charge on any atom is 0.140 e. The van der Waals surface area contributed by atoms with Gasteiger partial charge in [-0.05, 0) is 29.2 Å². The van der Waals surface area contributed by atoms with Crippen LogP contribution in [0.2, 0.25) is 0 Å². The van der Waals surface area contributed by atoms with Gasteiger partial charge in [-0.3, -0.25) is 0 Å². The van der Waals surface area contributed by atoms with Crippen molar-refractivity contribution in [1.82, 2.24) is 9.59 Å². The molecule has 2 aromatic rings. The van der Waals surface area contributed by atoms with Crippen molar-refractivity contribution in [3.05, 3.63) is 17.5 Å². The quantitative estimate of drug-likeness (QED) is 0.719. The predicted molar refractivity (Wildman–Crippen MR) is 55.0 cm³/mol. The minimum atomic E-state index is 1.03. The normalized spacial score (nSPS) is 10.4. The largest absolute Gasteiger partial charge is 0.143 e. The summed E-state index contributed by atoms with van der Waals surface area (Å²) in [6, 6.07) is 4.14. The molecule has 2 nitrogen and oxygen atoms in total. The lowest BCUT2D eigenvalue weighted by Gasteiger charge is -1.91. The molecule has 0 aliphatic carbocycles. The fourth-order valence-corrected chi connectivity index (χ4v) is 3.17. The van der Waals surface area contributed by atoms with Crippen LogP contribution in [0.25, 0.3) is 9.75 Å². The highest BCUT2D eigenvalue weighted by Gasteiger charge is 2.09. The van der Waals surface area contributed by atoms with Gasteiger partial charge in [-0.25, -0.2) is 0 Å². The van der Waals surface area contributed by atoms with Crippen LogP contribution in [0.4, 0.5) is 0 Å². The maximum absolute atomic E-state index is 4.03. The third-order valence-electron chi connectivity index (χ3n) is 1.40. The Balaban J connectivity index is 2.46. The van der Waals surface area contributed by atoms with E-state index >= 15 is 0 Å². The minimum Gasteiger partial charge on any atom is -0.143 e. The number of rotatable bonds is 2. The van der Waals surface area contributed by atoms with Gasteiger partial charge in [0.25, 0.3) is 0 Å². The average molecular weight is 214 g/mol. The van der Waals surface area contributed by atoms with E-state index in [1.54, 1.807) is 23.1 Å². The smallest absolute Gasteiger partial charge is 0.140 e. The highest BCUT2D eigenvalue weighted by atomic mass is 32.2. The molecule has 2 aromatic heterocycles. The summed E-state index contributed by atoms with van der Waals surface area (Å²) in [6.45, 7) is 0. The summed E-state index contributed by atoms with van der Waals surface area (Å²) in [6.07, 6.45) is 2.02. The lowest BCUT2D eigenvalue weighted by molar-refractivity contribution is 1.04. The fourth-order valence-electron chi connectivity index (χ4n) is 0.874. The van der Waals surface area contributed by atoms with Crippen LogP contribution < -0.4 is 0 Å². The molecule has 0 bridgehead atoms. The van der Waals surface area contributed by atoms with Crippen LogP contribution in [0.15, 0.2) is 22.5 Å². The van der Waals surface area contributed by atoms with Gasteiger partial charge in [-0.15, -0.1) is 28.2 Å². The van der Waals surface area contributed by atoms with Gasteiger partial charge in [0.2, 0.25) is 0 Å². The molecule has 12 heavy (non-hydrogen) atoms. The summed E-state index contributed by atoms with van der Waals surface area (Å²) >= 11 is 4.83. The van der Waals surface area contributed by atoms with E-state index in [0.717, 1.165) is 5.03 Å². The van der Waals surface area contributed by atoms with Gasteiger partial charge in [0.15, 0.2) is 0 Å². The molecule has 62 valence electrons. The monoisotopic (exact) mass is 214 g/mol. The van der Waals surface area contributed by atoms with Crippen LogP contribution in [-0.2, 0) is 0 Å². The second-order valence-electron chi connectivity index (χ2n) is 2.09. The van der Waals surface area contributed by atoms with Crippen molar-refractivity contribution in [2.75, 3.05) is 6.26 Å². The molecule has 0 atom stereocenters. The van der Waals surface area contributed by atoms with E-state index in [1.807, 2.05) is 12.3 Å². The number of thiophene rings is 1. The molecule has 0 aromatic carbocycles. The van der Waals surface area contributed by atoms with Crippen molar-refractivity contribution in [3.8, 4) is 9.75 Å². The number of thioether (sulfide) groups is 1. The Kier molecular flexibility index (Phi) is 2.43. The van der Waals surface area contributed by atoms with E-state index in [9.17, 15) is 0 Å². The lowest BCUT2D eigenvalue weighted by Crippen LogP contribution is -1.71. The Bertz CT molecular complexity index is 352. The standard InChI is InChI=1S/C7H6N2S3/c1-10-7-6(12-9-8-7)5-3-2-4-11-5/h2-4H,1H3. The summed E-state index contributed by atoms with van der Waals surface area (Å²) in [5.74, 6) is 0. The number of hydrogen-bond donors (Lipinski definition) is 0. The molecular weight excluding hydrogens is 208 g/mol. The topological polar surface area (TPSA) is 25.8 Å². The molecule has 0 saturated heterocycles. The third kappa shape index (κ3) is 1.39. The van der Waals surface area contributed by atoms with Gasteiger partial charge < -0.3 is 0 Å². The minimum absolute atomic E-state index is 1.03. The van der Waals surface area contributed by atoms with Gasteiger partial charge >= 0.3 is 0 Å². The molecule has 0 saturated carbocycles. The molecule has 0 radical (unpaired) electrons. The molecule has 2 rings (SSSR count). The Morgan fingerprint density at radius 1 is 1.50 bits per heavy atom. The van der Waals surface area contributed by atoms with Crippen LogP contribution in [0, 0.1) is 0 Å². The summed E-state index contributed by atoms with van der Waals surface area (Å²) in [4.78, 5) is 2.45. The maximum atomic E-state index is 4.03. The lowest BCUT2D eigenvalue weighted by atomic mass is 10.4. The van der Waals surface area contributed by atoms with Gasteiger partial charge in [0.1, 0.15) is 5.03 Å². The summed E-state index contributed by atoms with van der Waals surface area (Å²) in [7, 11) is 0. The van der Waals surface area contributed by atoms with Crippen molar-refractivity contribution in [2.45, 2.75) is 5.03 Å². The second kappa shape index (κ2) is 3.55. The average Bonchev–Trinajstić information content (AvgIpc) is 2.74. The van der Waals surface area contributed by atoms with Crippen LogP contribution in [-0.4, -0.2) is 15.8 Å².